The van der Waals surface area contributed by atoms with Crippen molar-refractivity contribution in [3.63, 3.8) is 0 Å². The highest BCUT2D eigenvalue weighted by atomic mass is 16.5. The predicted molar refractivity (Wildman–Crippen MR) is 128 cm³/mol. The van der Waals surface area contributed by atoms with E-state index in [2.05, 4.69) is 19.2 Å². The van der Waals surface area contributed by atoms with Crippen molar-refractivity contribution >= 4 is 22.6 Å². The SMILES string of the molecule is CCCn1c(C(C)N(CC(C)C)C(=O)Nc2ccccc2OC)nc2ccccc2c1=O. The summed E-state index contributed by atoms with van der Waals surface area (Å²) in [6, 6.07) is 14.0. The lowest BCUT2D eigenvalue weighted by Crippen LogP contribution is -2.42. The zero-order valence-electron chi connectivity index (χ0n) is 19.5. The van der Waals surface area contributed by atoms with Crippen molar-refractivity contribution in [2.24, 2.45) is 5.92 Å². The van der Waals surface area contributed by atoms with Gasteiger partial charge in [0, 0.05) is 13.1 Å². The second-order valence-corrected chi connectivity index (χ2v) is 8.30. The standard InChI is InChI=1S/C25H32N4O3/c1-6-15-28-23(26-20-12-8-7-11-19(20)24(28)30)18(4)29(16-17(2)3)25(31)27-21-13-9-10-14-22(21)32-5/h7-14,17-18H,6,15-16H2,1-5H3,(H,27,31). The molecule has 0 aliphatic rings. The number of nitrogens with one attached hydrogen (secondary N) is 1. The number of carbonyl (C=O) groups is 1. The van der Waals surface area contributed by atoms with Crippen LogP contribution in [-0.2, 0) is 6.54 Å². The number of nitrogens with zero attached hydrogens (tertiary/aromatic N) is 3. The molecule has 0 saturated carbocycles. The molecule has 0 fully saturated rings. The van der Waals surface area contributed by atoms with Crippen molar-refractivity contribution in [1.29, 1.82) is 0 Å². The van der Waals surface area contributed by atoms with Crippen LogP contribution in [0.25, 0.3) is 10.9 Å². The smallest absolute Gasteiger partial charge is 0.322 e. The van der Waals surface area contributed by atoms with E-state index in [1.807, 2.05) is 44.2 Å². The molecule has 0 aliphatic heterocycles. The van der Waals surface area contributed by atoms with E-state index >= 15 is 0 Å². The summed E-state index contributed by atoms with van der Waals surface area (Å²) < 4.78 is 7.08. The molecule has 0 aliphatic carbocycles. The minimum absolute atomic E-state index is 0.0751. The number of hydrogen-bond donors (Lipinski definition) is 1. The van der Waals surface area contributed by atoms with Gasteiger partial charge in [0.05, 0.1) is 29.7 Å². The topological polar surface area (TPSA) is 76.5 Å². The van der Waals surface area contributed by atoms with Gasteiger partial charge in [-0.3, -0.25) is 9.36 Å². The van der Waals surface area contributed by atoms with Crippen molar-refractivity contribution in [2.45, 2.75) is 46.7 Å². The fourth-order valence-electron chi connectivity index (χ4n) is 3.83. The first-order chi connectivity index (χ1) is 15.4. The highest BCUT2D eigenvalue weighted by Crippen LogP contribution is 2.26. The monoisotopic (exact) mass is 436 g/mol. The number of aromatic nitrogens is 2. The molecule has 1 heterocycles. The maximum absolute atomic E-state index is 13.4. The molecule has 32 heavy (non-hydrogen) atoms. The summed E-state index contributed by atoms with van der Waals surface area (Å²) in [5.74, 6) is 1.41. The Morgan fingerprint density at radius 3 is 2.50 bits per heavy atom. The Morgan fingerprint density at radius 1 is 1.12 bits per heavy atom. The Labute approximate surface area is 189 Å². The molecule has 7 nitrogen and oxygen atoms in total. The summed E-state index contributed by atoms with van der Waals surface area (Å²) in [5.41, 5.74) is 1.16. The van der Waals surface area contributed by atoms with E-state index in [4.69, 9.17) is 9.72 Å². The molecule has 1 atom stereocenters. The van der Waals surface area contributed by atoms with Crippen LogP contribution in [0.5, 0.6) is 5.75 Å². The Bertz CT molecular complexity index is 1140. The number of anilines is 1. The van der Waals surface area contributed by atoms with Crippen molar-refractivity contribution < 1.29 is 9.53 Å². The Kier molecular flexibility index (Phi) is 7.51. The minimum Gasteiger partial charge on any atom is -0.495 e. The van der Waals surface area contributed by atoms with Gasteiger partial charge < -0.3 is 15.0 Å². The first-order valence-electron chi connectivity index (χ1n) is 11.1. The number of urea groups is 1. The van der Waals surface area contributed by atoms with Gasteiger partial charge in [-0.25, -0.2) is 9.78 Å². The largest absolute Gasteiger partial charge is 0.495 e. The first-order valence-corrected chi connectivity index (χ1v) is 11.1. The van der Waals surface area contributed by atoms with Gasteiger partial charge in [0.25, 0.3) is 5.56 Å². The second-order valence-electron chi connectivity index (χ2n) is 8.30. The van der Waals surface area contributed by atoms with Crippen LogP contribution in [0.2, 0.25) is 0 Å². The highest BCUT2D eigenvalue weighted by Gasteiger charge is 2.27. The number of carbonyl (C=O) groups excluding carboxylic acids is 1. The molecule has 170 valence electrons. The van der Waals surface area contributed by atoms with Crippen LogP contribution in [0.1, 0.15) is 46.0 Å². The Balaban J connectivity index is 2.04. The molecular weight excluding hydrogens is 404 g/mol. The maximum atomic E-state index is 13.4. The molecule has 1 aromatic heterocycles. The van der Waals surface area contributed by atoms with E-state index < -0.39 is 6.04 Å². The molecule has 1 N–H and O–H groups in total. The molecule has 1 unspecified atom stereocenters. The van der Waals surface area contributed by atoms with Crippen molar-refractivity contribution in [3.8, 4) is 5.75 Å². The highest BCUT2D eigenvalue weighted by molar-refractivity contribution is 5.91. The van der Waals surface area contributed by atoms with Gasteiger partial charge in [-0.05, 0) is 43.5 Å². The fraction of sp³-hybridized carbons (Fsp3) is 0.400. The zero-order valence-corrected chi connectivity index (χ0v) is 19.5. The van der Waals surface area contributed by atoms with E-state index in [-0.39, 0.29) is 17.5 Å². The van der Waals surface area contributed by atoms with Gasteiger partial charge in [0.2, 0.25) is 0 Å². The number of methoxy groups -OCH3 is 1. The third kappa shape index (κ3) is 4.93. The van der Waals surface area contributed by atoms with E-state index in [0.29, 0.717) is 41.3 Å². The van der Waals surface area contributed by atoms with Crippen LogP contribution < -0.4 is 15.6 Å². The average molecular weight is 437 g/mol. The van der Waals surface area contributed by atoms with Gasteiger partial charge in [-0.1, -0.05) is 45.0 Å². The van der Waals surface area contributed by atoms with Crippen LogP contribution in [0.3, 0.4) is 0 Å². The van der Waals surface area contributed by atoms with Crippen LogP contribution in [0.15, 0.2) is 53.3 Å². The van der Waals surface area contributed by atoms with Crippen LogP contribution >= 0.6 is 0 Å². The Hall–Kier alpha value is -3.35. The first kappa shape index (κ1) is 23.3. The average Bonchev–Trinajstić information content (AvgIpc) is 2.79. The summed E-state index contributed by atoms with van der Waals surface area (Å²) in [5, 5.41) is 3.56. The lowest BCUT2D eigenvalue weighted by atomic mass is 10.1. The number of rotatable bonds is 8. The van der Waals surface area contributed by atoms with E-state index in [1.165, 1.54) is 0 Å². The van der Waals surface area contributed by atoms with E-state index in [0.717, 1.165) is 6.42 Å². The number of para-hydroxylation sites is 3. The van der Waals surface area contributed by atoms with Crippen LogP contribution in [0, 0.1) is 5.92 Å². The molecule has 2 amide bonds. The van der Waals surface area contributed by atoms with Gasteiger partial charge in [0.1, 0.15) is 11.6 Å². The molecule has 7 heteroatoms. The van der Waals surface area contributed by atoms with Crippen LogP contribution in [0.4, 0.5) is 10.5 Å². The van der Waals surface area contributed by atoms with Gasteiger partial charge in [0.15, 0.2) is 0 Å². The minimum atomic E-state index is -0.407. The Morgan fingerprint density at radius 2 is 1.81 bits per heavy atom. The van der Waals surface area contributed by atoms with Gasteiger partial charge in [-0.15, -0.1) is 0 Å². The zero-order chi connectivity index (χ0) is 23.3. The lowest BCUT2D eigenvalue weighted by Gasteiger charge is -2.32. The van der Waals surface area contributed by atoms with Crippen molar-refractivity contribution in [2.75, 3.05) is 19.0 Å². The predicted octanol–water partition coefficient (Wildman–Crippen LogP) is 5.07. The third-order valence-corrected chi connectivity index (χ3v) is 5.35. The maximum Gasteiger partial charge on any atom is 0.322 e. The molecule has 0 bridgehead atoms. The summed E-state index contributed by atoms with van der Waals surface area (Å²) in [7, 11) is 1.57. The van der Waals surface area contributed by atoms with E-state index in [9.17, 15) is 9.59 Å². The normalized spacial score (nSPS) is 12.1. The summed E-state index contributed by atoms with van der Waals surface area (Å²) in [4.78, 5) is 33.2. The number of amides is 2. The summed E-state index contributed by atoms with van der Waals surface area (Å²) >= 11 is 0. The summed E-state index contributed by atoms with van der Waals surface area (Å²) in [6.07, 6.45) is 0.789. The van der Waals surface area contributed by atoms with Gasteiger partial charge >= 0.3 is 6.03 Å². The third-order valence-electron chi connectivity index (χ3n) is 5.35. The molecule has 3 rings (SSSR count). The molecule has 2 aromatic carbocycles. The quantitative estimate of drug-likeness (QED) is 0.535. The van der Waals surface area contributed by atoms with Crippen molar-refractivity contribution in [3.05, 3.63) is 64.7 Å². The molecular formula is C25H32N4O3. The number of benzene rings is 2. The van der Waals surface area contributed by atoms with Gasteiger partial charge in [-0.2, -0.15) is 0 Å². The number of hydrogen-bond acceptors (Lipinski definition) is 4. The fourth-order valence-corrected chi connectivity index (χ4v) is 3.83. The van der Waals surface area contributed by atoms with Crippen molar-refractivity contribution in [1.82, 2.24) is 14.5 Å². The van der Waals surface area contributed by atoms with E-state index in [1.54, 1.807) is 34.8 Å². The number of ether oxygens (including phenoxy) is 1. The summed E-state index contributed by atoms with van der Waals surface area (Å²) in [6.45, 7) is 9.12. The molecule has 0 spiro atoms. The lowest BCUT2D eigenvalue weighted by molar-refractivity contribution is 0.178. The second kappa shape index (κ2) is 10.3. The molecule has 0 radical (unpaired) electrons. The molecule has 0 saturated heterocycles. The van der Waals surface area contributed by atoms with Crippen LogP contribution in [-0.4, -0.2) is 34.1 Å². The molecule has 3 aromatic rings. The number of fused-ring (bicyclic) bond motifs is 1.